The van der Waals surface area contributed by atoms with Crippen LogP contribution in [0.5, 0.6) is 0 Å². The minimum Gasteiger partial charge on any atom is -0.465 e. The van der Waals surface area contributed by atoms with Crippen molar-refractivity contribution in [1.82, 2.24) is 4.90 Å². The van der Waals surface area contributed by atoms with Gasteiger partial charge >= 0.3 is 5.97 Å². The summed E-state index contributed by atoms with van der Waals surface area (Å²) in [4.78, 5) is 16.2. The molecule has 3 aliphatic rings. The summed E-state index contributed by atoms with van der Waals surface area (Å²) in [6, 6.07) is 4.87. The van der Waals surface area contributed by atoms with Gasteiger partial charge in [-0.05, 0) is 37.3 Å². The summed E-state index contributed by atoms with van der Waals surface area (Å²) in [5, 5.41) is 2.13. The van der Waals surface area contributed by atoms with Crippen LogP contribution in [-0.2, 0) is 9.53 Å². The molecule has 3 aliphatic heterocycles. The Morgan fingerprint density at radius 3 is 3.17 bits per heavy atom. The van der Waals surface area contributed by atoms with Crippen molar-refractivity contribution in [2.45, 2.75) is 31.2 Å². The zero-order valence-corrected chi connectivity index (χ0v) is 11.1. The van der Waals surface area contributed by atoms with Crippen LogP contribution in [0.25, 0.3) is 0 Å². The molecule has 4 heterocycles. The topological polar surface area (TPSA) is 29.5 Å². The fraction of sp³-hybridized carbons (Fsp3) is 0.643. The van der Waals surface area contributed by atoms with Crippen molar-refractivity contribution < 1.29 is 9.53 Å². The quantitative estimate of drug-likeness (QED) is 0.728. The third kappa shape index (κ3) is 1.30. The highest BCUT2D eigenvalue weighted by molar-refractivity contribution is 7.10. The highest BCUT2D eigenvalue weighted by atomic mass is 32.1. The molecule has 96 valence electrons. The Labute approximate surface area is 111 Å². The van der Waals surface area contributed by atoms with E-state index < -0.39 is 0 Å². The van der Waals surface area contributed by atoms with Gasteiger partial charge in [-0.2, -0.15) is 0 Å². The zero-order valence-electron chi connectivity index (χ0n) is 10.3. The number of ether oxygens (including phenoxy) is 1. The summed E-state index contributed by atoms with van der Waals surface area (Å²) in [7, 11) is 0. The highest BCUT2D eigenvalue weighted by Gasteiger charge is 2.61. The lowest BCUT2D eigenvalue weighted by Crippen LogP contribution is -2.35. The normalized spacial score (nSPS) is 39.4. The van der Waals surface area contributed by atoms with Crippen LogP contribution in [0.4, 0.5) is 0 Å². The van der Waals surface area contributed by atoms with E-state index in [9.17, 15) is 4.79 Å². The second-order valence-corrected chi connectivity index (χ2v) is 6.69. The molecule has 0 N–H and O–H groups in total. The Morgan fingerprint density at radius 2 is 2.44 bits per heavy atom. The van der Waals surface area contributed by atoms with E-state index in [0.717, 1.165) is 19.5 Å². The van der Waals surface area contributed by atoms with Gasteiger partial charge in [-0.25, -0.2) is 0 Å². The molecule has 0 radical (unpaired) electrons. The first-order chi connectivity index (χ1) is 8.81. The predicted molar refractivity (Wildman–Crippen MR) is 69.7 cm³/mol. The van der Waals surface area contributed by atoms with Crippen molar-refractivity contribution in [3.05, 3.63) is 22.4 Å². The molecular formula is C14H17NO2S. The molecule has 18 heavy (non-hydrogen) atoms. The van der Waals surface area contributed by atoms with Crippen LogP contribution < -0.4 is 0 Å². The summed E-state index contributed by atoms with van der Waals surface area (Å²) >= 11 is 1.80. The number of carbonyl (C=O) groups excluding carboxylic acids is 1. The van der Waals surface area contributed by atoms with Gasteiger partial charge in [0.1, 0.15) is 0 Å². The van der Waals surface area contributed by atoms with Crippen molar-refractivity contribution in [3.8, 4) is 0 Å². The number of carbonyl (C=O) groups is 1. The third-order valence-electron chi connectivity index (χ3n) is 4.92. The van der Waals surface area contributed by atoms with E-state index in [1.54, 1.807) is 11.3 Å². The van der Waals surface area contributed by atoms with Gasteiger partial charge in [0.05, 0.1) is 12.0 Å². The van der Waals surface area contributed by atoms with Gasteiger partial charge in [0.25, 0.3) is 0 Å². The molecule has 1 aromatic rings. The molecule has 0 amide bonds. The van der Waals surface area contributed by atoms with E-state index in [2.05, 4.69) is 22.4 Å². The molecule has 1 spiro atoms. The molecule has 3 saturated heterocycles. The van der Waals surface area contributed by atoms with E-state index in [1.807, 2.05) is 0 Å². The number of rotatable bonds is 1. The summed E-state index contributed by atoms with van der Waals surface area (Å²) in [5.41, 5.74) is -0.240. The highest BCUT2D eigenvalue weighted by Crippen LogP contribution is 2.55. The van der Waals surface area contributed by atoms with E-state index in [4.69, 9.17) is 4.74 Å². The minimum atomic E-state index is -0.240. The summed E-state index contributed by atoms with van der Waals surface area (Å²) in [5.74, 6) is 0.422. The van der Waals surface area contributed by atoms with E-state index in [0.29, 0.717) is 18.6 Å². The lowest BCUT2D eigenvalue weighted by molar-refractivity contribution is -0.146. The Bertz CT molecular complexity index is 472. The zero-order chi connectivity index (χ0) is 12.2. The molecule has 3 fully saturated rings. The molecular weight excluding hydrogens is 246 g/mol. The van der Waals surface area contributed by atoms with E-state index in [1.165, 1.54) is 17.7 Å². The molecule has 0 aromatic carbocycles. The van der Waals surface area contributed by atoms with Crippen molar-refractivity contribution in [3.63, 3.8) is 0 Å². The van der Waals surface area contributed by atoms with Crippen LogP contribution in [0.1, 0.15) is 30.1 Å². The van der Waals surface area contributed by atoms with Gasteiger partial charge in [0.2, 0.25) is 0 Å². The van der Waals surface area contributed by atoms with Crippen LogP contribution in [0.3, 0.4) is 0 Å². The Morgan fingerprint density at radius 1 is 1.50 bits per heavy atom. The molecule has 0 aliphatic carbocycles. The lowest BCUT2D eigenvalue weighted by Gasteiger charge is -2.27. The van der Waals surface area contributed by atoms with Crippen LogP contribution in [0.15, 0.2) is 17.5 Å². The number of hydrogen-bond acceptors (Lipinski definition) is 4. The number of esters is 1. The van der Waals surface area contributed by atoms with Gasteiger partial charge in [-0.3, -0.25) is 9.69 Å². The number of fused-ring (bicyclic) bond motifs is 1. The summed E-state index contributed by atoms with van der Waals surface area (Å²) < 4.78 is 5.32. The average molecular weight is 263 g/mol. The maximum absolute atomic E-state index is 12.3. The molecule has 3 atom stereocenters. The van der Waals surface area contributed by atoms with Crippen molar-refractivity contribution >= 4 is 17.3 Å². The summed E-state index contributed by atoms with van der Waals surface area (Å²) in [6.45, 7) is 2.68. The predicted octanol–water partition coefficient (Wildman–Crippen LogP) is 2.24. The van der Waals surface area contributed by atoms with E-state index >= 15 is 0 Å². The smallest absolute Gasteiger partial charge is 0.314 e. The SMILES string of the molecule is O=C1OCC[C@@]12CN1CCC[C@H]1[C@@H]2c1cccs1. The number of cyclic esters (lactones) is 1. The lowest BCUT2D eigenvalue weighted by atomic mass is 9.73. The Balaban J connectivity index is 1.80. The first-order valence-electron chi connectivity index (χ1n) is 6.76. The number of thiophene rings is 1. The maximum Gasteiger partial charge on any atom is 0.314 e. The van der Waals surface area contributed by atoms with Crippen LogP contribution in [0, 0.1) is 5.41 Å². The summed E-state index contributed by atoms with van der Waals surface area (Å²) in [6.07, 6.45) is 3.41. The van der Waals surface area contributed by atoms with Gasteiger partial charge < -0.3 is 4.74 Å². The second kappa shape index (κ2) is 3.81. The van der Waals surface area contributed by atoms with E-state index in [-0.39, 0.29) is 11.4 Å². The minimum absolute atomic E-state index is 0.0512. The fourth-order valence-corrected chi connectivity index (χ4v) is 5.18. The van der Waals surface area contributed by atoms with Crippen molar-refractivity contribution in [1.29, 1.82) is 0 Å². The van der Waals surface area contributed by atoms with Crippen molar-refractivity contribution in [2.24, 2.45) is 5.41 Å². The maximum atomic E-state index is 12.3. The average Bonchev–Trinajstić information content (AvgIpc) is 3.07. The van der Waals surface area contributed by atoms with Gasteiger partial charge in [-0.15, -0.1) is 11.3 Å². The van der Waals surface area contributed by atoms with Gasteiger partial charge in [0.15, 0.2) is 0 Å². The van der Waals surface area contributed by atoms with Crippen LogP contribution >= 0.6 is 11.3 Å². The monoisotopic (exact) mass is 263 g/mol. The fourth-order valence-electron chi connectivity index (χ4n) is 4.18. The molecule has 0 bridgehead atoms. The number of hydrogen-bond donors (Lipinski definition) is 0. The van der Waals surface area contributed by atoms with Gasteiger partial charge in [-0.1, -0.05) is 6.07 Å². The standard InChI is InChI=1S/C14H17NO2S/c16-13-14(5-7-17-13)9-15-6-1-3-10(15)12(14)11-4-2-8-18-11/h2,4,8,10,12H,1,3,5-7,9H2/t10-,12+,14-/m0/s1. The molecule has 4 heteroatoms. The van der Waals surface area contributed by atoms with Crippen LogP contribution in [-0.4, -0.2) is 36.6 Å². The molecule has 1 aromatic heterocycles. The first-order valence-corrected chi connectivity index (χ1v) is 7.64. The molecule has 3 nitrogen and oxygen atoms in total. The molecule has 0 saturated carbocycles. The third-order valence-corrected chi connectivity index (χ3v) is 5.87. The second-order valence-electron chi connectivity index (χ2n) is 5.72. The van der Waals surface area contributed by atoms with Crippen LogP contribution in [0.2, 0.25) is 0 Å². The molecule has 0 unspecified atom stereocenters. The van der Waals surface area contributed by atoms with Gasteiger partial charge in [0, 0.05) is 23.4 Å². The van der Waals surface area contributed by atoms with Crippen molar-refractivity contribution in [2.75, 3.05) is 19.7 Å². The Hall–Kier alpha value is -0.870. The largest absolute Gasteiger partial charge is 0.465 e. The Kier molecular flexibility index (Phi) is 2.33. The molecule has 4 rings (SSSR count). The first kappa shape index (κ1) is 11.0. The number of nitrogens with zero attached hydrogens (tertiary/aromatic N) is 1.